The van der Waals surface area contributed by atoms with E-state index in [0.29, 0.717) is 12.6 Å². The van der Waals surface area contributed by atoms with Crippen LogP contribution in [0.1, 0.15) is 20.7 Å². The third-order valence-corrected chi connectivity index (χ3v) is 2.21. The van der Waals surface area contributed by atoms with Gasteiger partial charge < -0.3 is 25.2 Å². The smallest absolute Gasteiger partial charge is 0.872 e. The second-order valence-corrected chi connectivity index (χ2v) is 3.83. The topological polar surface area (TPSA) is 143 Å². The average Bonchev–Trinajstić information content (AvgIpc) is 2.57. The van der Waals surface area contributed by atoms with Crippen LogP contribution in [0.15, 0.2) is 48.5 Å². The molecule has 0 radical (unpaired) electrons. The summed E-state index contributed by atoms with van der Waals surface area (Å²) in [4.78, 5) is 29.0. The van der Waals surface area contributed by atoms with Crippen molar-refractivity contribution in [3.8, 4) is 11.5 Å². The second kappa shape index (κ2) is 14.1. The molecule has 0 saturated carbocycles. The number of benzene rings is 2. The van der Waals surface area contributed by atoms with Gasteiger partial charge in [0.25, 0.3) is 0 Å². The number of carboxylic acid groups (broad SMARTS) is 1. The maximum atomic E-state index is 10.6. The minimum atomic E-state index is -1.55. The van der Waals surface area contributed by atoms with Crippen LogP contribution in [0.25, 0.3) is 0 Å². The number of hydrogen-bond acceptors (Lipinski definition) is 7. The van der Waals surface area contributed by atoms with Gasteiger partial charge >= 0.3 is 21.7 Å². The molecule has 2 aromatic rings. The SMILES string of the molecule is O=C([O-])C[O-].O=Cc1ccccc1[O-].O=Cc1ccccc1[O-].[Ti+4]. The Hall–Kier alpha value is -2.48. The molecule has 7 nitrogen and oxygen atoms in total. The second-order valence-electron chi connectivity index (χ2n) is 3.83. The molecular weight excluding hydrogens is 352 g/mol. The zero-order valence-electron chi connectivity index (χ0n) is 12.3. The molecule has 8 heteroatoms. The normalized spacial score (nSPS) is 8.21. The van der Waals surface area contributed by atoms with E-state index in [9.17, 15) is 19.8 Å². The van der Waals surface area contributed by atoms with E-state index in [4.69, 9.17) is 15.0 Å². The summed E-state index contributed by atoms with van der Waals surface area (Å²) in [6.07, 6.45) is 1.12. The van der Waals surface area contributed by atoms with Gasteiger partial charge in [0.2, 0.25) is 0 Å². The van der Waals surface area contributed by atoms with Gasteiger partial charge in [-0.1, -0.05) is 66.6 Å². The van der Waals surface area contributed by atoms with Crippen LogP contribution in [0.4, 0.5) is 0 Å². The molecule has 0 unspecified atom stereocenters. The molecule has 0 aliphatic heterocycles. The Morgan fingerprint density at radius 2 is 1.12 bits per heavy atom. The Kier molecular flexibility index (Phi) is 14.0. The molecule has 0 N–H and O–H groups in total. The van der Waals surface area contributed by atoms with Crippen LogP contribution in [0.3, 0.4) is 0 Å². The van der Waals surface area contributed by atoms with Crippen molar-refractivity contribution in [3.05, 3.63) is 59.7 Å². The predicted octanol–water partition coefficient (Wildman–Crippen LogP) is -1.76. The van der Waals surface area contributed by atoms with Gasteiger partial charge in [0, 0.05) is 17.1 Å². The van der Waals surface area contributed by atoms with Crippen molar-refractivity contribution >= 4 is 18.5 Å². The van der Waals surface area contributed by atoms with E-state index < -0.39 is 12.6 Å². The summed E-state index contributed by atoms with van der Waals surface area (Å²) in [5, 5.41) is 39.2. The summed E-state index contributed by atoms with van der Waals surface area (Å²) in [5.41, 5.74) is 0.440. The molecule has 0 aliphatic rings. The Morgan fingerprint density at radius 3 is 1.29 bits per heavy atom. The van der Waals surface area contributed by atoms with E-state index in [1.807, 2.05) is 0 Å². The van der Waals surface area contributed by atoms with E-state index in [0.717, 1.165) is 0 Å². The fraction of sp³-hybridized carbons (Fsp3) is 0.0625. The van der Waals surface area contributed by atoms with Gasteiger partial charge in [0.1, 0.15) is 12.6 Å². The molecule has 0 amide bonds. The first-order valence-electron chi connectivity index (χ1n) is 6.16. The quantitative estimate of drug-likeness (QED) is 0.463. The molecule has 0 saturated heterocycles. The number of rotatable bonds is 3. The van der Waals surface area contributed by atoms with E-state index in [1.165, 1.54) is 24.3 Å². The first kappa shape index (κ1) is 23.8. The minimum Gasteiger partial charge on any atom is -0.872 e. The van der Waals surface area contributed by atoms with Gasteiger partial charge in [0.15, 0.2) is 0 Å². The molecule has 2 rings (SSSR count). The Morgan fingerprint density at radius 1 is 0.833 bits per heavy atom. The van der Waals surface area contributed by atoms with Crippen LogP contribution >= 0.6 is 0 Å². The molecule has 2 aromatic carbocycles. The molecule has 24 heavy (non-hydrogen) atoms. The molecular formula is C16H12O7Ti. The number of hydrogen-bond donors (Lipinski definition) is 0. The van der Waals surface area contributed by atoms with Crippen molar-refractivity contribution in [3.63, 3.8) is 0 Å². The Balaban J connectivity index is 0. The molecule has 0 fully saturated rings. The number of carbonyl (C=O) groups is 3. The number of aldehydes is 2. The van der Waals surface area contributed by atoms with Crippen LogP contribution in [-0.4, -0.2) is 25.1 Å². The monoisotopic (exact) mass is 364 g/mol. The maximum Gasteiger partial charge on any atom is 4.00 e. The van der Waals surface area contributed by atoms with Crippen molar-refractivity contribution < 1.29 is 56.5 Å². The van der Waals surface area contributed by atoms with E-state index in [-0.39, 0.29) is 44.3 Å². The fourth-order valence-electron chi connectivity index (χ4n) is 1.16. The van der Waals surface area contributed by atoms with Crippen molar-refractivity contribution in [2.45, 2.75) is 0 Å². The molecule has 0 atom stereocenters. The van der Waals surface area contributed by atoms with Gasteiger partial charge in [-0.2, -0.15) is 0 Å². The molecule has 0 heterocycles. The first-order chi connectivity index (χ1) is 11.0. The minimum absolute atomic E-state index is 0. The van der Waals surface area contributed by atoms with Crippen LogP contribution in [0.2, 0.25) is 0 Å². The number of carbonyl (C=O) groups excluding carboxylic acids is 3. The van der Waals surface area contributed by atoms with E-state index >= 15 is 0 Å². The van der Waals surface area contributed by atoms with Crippen molar-refractivity contribution in [2.75, 3.05) is 6.61 Å². The van der Waals surface area contributed by atoms with Crippen LogP contribution in [-0.2, 0) is 26.5 Å². The average molecular weight is 364 g/mol. The van der Waals surface area contributed by atoms with Gasteiger partial charge in [-0.25, -0.2) is 0 Å². The maximum absolute atomic E-state index is 10.6. The molecule has 0 aromatic heterocycles. The van der Waals surface area contributed by atoms with Gasteiger partial charge in [-0.15, -0.1) is 0 Å². The fourth-order valence-corrected chi connectivity index (χ4v) is 1.16. The third kappa shape index (κ3) is 10.3. The van der Waals surface area contributed by atoms with Crippen LogP contribution in [0.5, 0.6) is 11.5 Å². The Bertz CT molecular complexity index is 594. The standard InChI is InChI=1S/2C7H6O2.C2H3O3.Ti/c2*8-5-6-3-1-2-4-7(6)9;3-1-2(4)5;/h2*1-5,9H;1H2,(H,4,5);/q;;-1;+4/p-3. The predicted molar refractivity (Wildman–Crippen MR) is 72.4 cm³/mol. The summed E-state index contributed by atoms with van der Waals surface area (Å²) in [6, 6.07) is 12.2. The number of aliphatic carboxylic acids is 1. The summed E-state index contributed by atoms with van der Waals surface area (Å²) < 4.78 is 0. The van der Waals surface area contributed by atoms with Gasteiger partial charge in [-0.05, 0) is 0 Å². The Labute approximate surface area is 153 Å². The van der Waals surface area contributed by atoms with Crippen molar-refractivity contribution in [1.82, 2.24) is 0 Å². The largest absolute Gasteiger partial charge is 4.00 e. The van der Waals surface area contributed by atoms with Crippen LogP contribution < -0.4 is 20.4 Å². The molecule has 0 spiro atoms. The summed E-state index contributed by atoms with van der Waals surface area (Å²) in [5.74, 6) is -1.98. The molecule has 0 bridgehead atoms. The summed E-state index contributed by atoms with van der Waals surface area (Å²) in [7, 11) is 0. The number of para-hydroxylation sites is 2. The molecule has 122 valence electrons. The van der Waals surface area contributed by atoms with Crippen molar-refractivity contribution in [1.29, 1.82) is 0 Å². The van der Waals surface area contributed by atoms with E-state index in [1.54, 1.807) is 24.3 Å². The zero-order valence-corrected chi connectivity index (χ0v) is 13.9. The van der Waals surface area contributed by atoms with Gasteiger partial charge in [0.05, 0.1) is 0 Å². The van der Waals surface area contributed by atoms with Crippen LogP contribution in [0, 0.1) is 0 Å². The van der Waals surface area contributed by atoms with Gasteiger partial charge in [-0.3, -0.25) is 9.59 Å². The summed E-state index contributed by atoms with van der Waals surface area (Å²) >= 11 is 0. The number of carboxylic acids is 1. The van der Waals surface area contributed by atoms with Crippen molar-refractivity contribution in [2.24, 2.45) is 0 Å². The molecule has 0 aliphatic carbocycles. The zero-order chi connectivity index (χ0) is 17.7. The van der Waals surface area contributed by atoms with E-state index in [2.05, 4.69) is 0 Å². The third-order valence-electron chi connectivity index (χ3n) is 2.21. The summed E-state index contributed by atoms with van der Waals surface area (Å²) in [6.45, 7) is -1.14. The first-order valence-corrected chi connectivity index (χ1v) is 6.16.